The molecule has 1 fully saturated rings. The second kappa shape index (κ2) is 7.97. The Labute approximate surface area is 137 Å². The van der Waals surface area contributed by atoms with Gasteiger partial charge in [-0.05, 0) is 19.2 Å². The molecule has 23 heavy (non-hydrogen) atoms. The number of ether oxygens (including phenoxy) is 1. The summed E-state index contributed by atoms with van der Waals surface area (Å²) < 4.78 is 5.20. The van der Waals surface area contributed by atoms with Crippen LogP contribution in [0.25, 0.3) is 0 Å². The molecule has 1 aromatic carbocycles. The zero-order valence-corrected chi connectivity index (χ0v) is 14.1. The SMILES string of the molecule is COc1cccc(N(CCC(=O)N2CCN(C)CC2)C(C)=O)c1. The summed E-state index contributed by atoms with van der Waals surface area (Å²) >= 11 is 0. The van der Waals surface area contributed by atoms with Gasteiger partial charge in [0.15, 0.2) is 0 Å². The normalized spacial score (nSPS) is 15.3. The highest BCUT2D eigenvalue weighted by molar-refractivity contribution is 5.92. The molecule has 0 aliphatic carbocycles. The Balaban J connectivity index is 1.97. The standard InChI is InChI=1S/C17H25N3O3/c1-14(21)20(15-5-4-6-16(13-15)23-3)8-7-17(22)19-11-9-18(2)10-12-19/h4-6,13H,7-12H2,1-3H3. The lowest BCUT2D eigenvalue weighted by Gasteiger charge is -2.33. The third kappa shape index (κ3) is 4.69. The average molecular weight is 319 g/mol. The second-order valence-corrected chi connectivity index (χ2v) is 5.81. The first-order valence-electron chi connectivity index (χ1n) is 7.89. The minimum atomic E-state index is -0.0792. The van der Waals surface area contributed by atoms with Crippen molar-refractivity contribution in [2.75, 3.05) is 51.8 Å². The fourth-order valence-corrected chi connectivity index (χ4v) is 2.67. The largest absolute Gasteiger partial charge is 0.497 e. The van der Waals surface area contributed by atoms with Crippen LogP contribution in [0, 0.1) is 0 Å². The summed E-state index contributed by atoms with van der Waals surface area (Å²) in [6.07, 6.45) is 0.334. The van der Waals surface area contributed by atoms with Gasteiger partial charge >= 0.3 is 0 Å². The molecule has 2 amide bonds. The maximum atomic E-state index is 12.3. The Morgan fingerprint density at radius 2 is 1.91 bits per heavy atom. The summed E-state index contributed by atoms with van der Waals surface area (Å²) in [5, 5.41) is 0. The molecule has 0 atom stereocenters. The maximum absolute atomic E-state index is 12.3. The van der Waals surface area contributed by atoms with Crippen molar-refractivity contribution in [2.24, 2.45) is 0 Å². The summed E-state index contributed by atoms with van der Waals surface area (Å²) in [6.45, 7) is 5.21. The quantitative estimate of drug-likeness (QED) is 0.819. The molecule has 6 nitrogen and oxygen atoms in total. The van der Waals surface area contributed by atoms with Crippen molar-refractivity contribution in [3.05, 3.63) is 24.3 Å². The molecular formula is C17H25N3O3. The van der Waals surface area contributed by atoms with Crippen LogP contribution in [0.5, 0.6) is 5.75 Å². The first kappa shape index (κ1) is 17.3. The number of carbonyl (C=O) groups is 2. The van der Waals surface area contributed by atoms with Gasteiger partial charge in [0.2, 0.25) is 11.8 Å². The van der Waals surface area contributed by atoms with E-state index in [2.05, 4.69) is 11.9 Å². The smallest absolute Gasteiger partial charge is 0.224 e. The minimum Gasteiger partial charge on any atom is -0.497 e. The van der Waals surface area contributed by atoms with E-state index in [1.165, 1.54) is 6.92 Å². The Morgan fingerprint density at radius 3 is 2.52 bits per heavy atom. The summed E-state index contributed by atoms with van der Waals surface area (Å²) in [4.78, 5) is 30.0. The Kier molecular flexibility index (Phi) is 5.98. The molecule has 1 aliphatic heterocycles. The zero-order valence-electron chi connectivity index (χ0n) is 14.1. The van der Waals surface area contributed by atoms with Crippen LogP contribution in [0.2, 0.25) is 0 Å². The van der Waals surface area contributed by atoms with Gasteiger partial charge in [-0.2, -0.15) is 0 Å². The predicted octanol–water partition coefficient (Wildman–Crippen LogP) is 1.21. The second-order valence-electron chi connectivity index (χ2n) is 5.81. The van der Waals surface area contributed by atoms with E-state index in [1.807, 2.05) is 29.2 Å². The lowest BCUT2D eigenvalue weighted by atomic mass is 10.2. The number of piperazine rings is 1. The molecule has 126 valence electrons. The molecule has 1 saturated heterocycles. The van der Waals surface area contributed by atoms with Crippen LogP contribution >= 0.6 is 0 Å². The third-order valence-electron chi connectivity index (χ3n) is 4.15. The lowest BCUT2D eigenvalue weighted by molar-refractivity contribution is -0.132. The summed E-state index contributed by atoms with van der Waals surface area (Å²) in [5.74, 6) is 0.718. The van der Waals surface area contributed by atoms with Gasteiger partial charge in [0, 0.05) is 57.8 Å². The van der Waals surface area contributed by atoms with Crippen molar-refractivity contribution >= 4 is 17.5 Å². The van der Waals surface area contributed by atoms with Gasteiger partial charge < -0.3 is 19.4 Å². The minimum absolute atomic E-state index is 0.0792. The molecule has 0 bridgehead atoms. The molecule has 1 aromatic rings. The van der Waals surface area contributed by atoms with Crippen molar-refractivity contribution in [2.45, 2.75) is 13.3 Å². The number of methoxy groups -OCH3 is 1. The number of rotatable bonds is 5. The van der Waals surface area contributed by atoms with E-state index in [9.17, 15) is 9.59 Å². The highest BCUT2D eigenvalue weighted by Crippen LogP contribution is 2.21. The van der Waals surface area contributed by atoms with E-state index in [-0.39, 0.29) is 11.8 Å². The molecule has 1 aliphatic rings. The van der Waals surface area contributed by atoms with Crippen LogP contribution in [0.1, 0.15) is 13.3 Å². The van der Waals surface area contributed by atoms with Crippen LogP contribution in [0.3, 0.4) is 0 Å². The zero-order chi connectivity index (χ0) is 16.8. The number of nitrogens with zero attached hydrogens (tertiary/aromatic N) is 3. The highest BCUT2D eigenvalue weighted by atomic mass is 16.5. The van der Waals surface area contributed by atoms with E-state index in [0.29, 0.717) is 18.7 Å². The van der Waals surface area contributed by atoms with Crippen LogP contribution in [0.15, 0.2) is 24.3 Å². The summed E-state index contributed by atoms with van der Waals surface area (Å²) in [6, 6.07) is 7.33. The third-order valence-corrected chi connectivity index (χ3v) is 4.15. The molecule has 0 N–H and O–H groups in total. The summed E-state index contributed by atoms with van der Waals surface area (Å²) in [7, 11) is 3.65. The van der Waals surface area contributed by atoms with Gasteiger partial charge in [-0.15, -0.1) is 0 Å². The number of likely N-dealkylation sites (N-methyl/N-ethyl adjacent to an activating group) is 1. The number of hydrogen-bond donors (Lipinski definition) is 0. The topological polar surface area (TPSA) is 53.1 Å². The number of hydrogen-bond acceptors (Lipinski definition) is 4. The van der Waals surface area contributed by atoms with Gasteiger partial charge in [-0.25, -0.2) is 0 Å². The summed E-state index contributed by atoms with van der Waals surface area (Å²) in [5.41, 5.74) is 0.753. The molecule has 0 radical (unpaired) electrons. The van der Waals surface area contributed by atoms with Crippen LogP contribution in [-0.2, 0) is 9.59 Å². The molecule has 0 saturated carbocycles. The Hall–Kier alpha value is -2.08. The monoisotopic (exact) mass is 319 g/mol. The molecule has 0 unspecified atom stereocenters. The van der Waals surface area contributed by atoms with Crippen molar-refractivity contribution in [3.63, 3.8) is 0 Å². The van der Waals surface area contributed by atoms with E-state index in [4.69, 9.17) is 4.74 Å². The van der Waals surface area contributed by atoms with E-state index < -0.39 is 0 Å². The lowest BCUT2D eigenvalue weighted by Crippen LogP contribution is -2.47. The van der Waals surface area contributed by atoms with E-state index >= 15 is 0 Å². The predicted molar refractivity (Wildman–Crippen MR) is 89.7 cm³/mol. The molecule has 6 heteroatoms. The maximum Gasteiger partial charge on any atom is 0.224 e. The van der Waals surface area contributed by atoms with Crippen molar-refractivity contribution in [1.29, 1.82) is 0 Å². The van der Waals surface area contributed by atoms with Crippen molar-refractivity contribution < 1.29 is 14.3 Å². The highest BCUT2D eigenvalue weighted by Gasteiger charge is 2.20. The first-order chi connectivity index (χ1) is 11.0. The van der Waals surface area contributed by atoms with Gasteiger partial charge in [0.1, 0.15) is 5.75 Å². The van der Waals surface area contributed by atoms with E-state index in [0.717, 1.165) is 31.9 Å². The average Bonchev–Trinajstić information content (AvgIpc) is 2.55. The van der Waals surface area contributed by atoms with Gasteiger partial charge in [0.25, 0.3) is 0 Å². The number of carbonyl (C=O) groups excluding carboxylic acids is 2. The first-order valence-corrected chi connectivity index (χ1v) is 7.89. The fraction of sp³-hybridized carbons (Fsp3) is 0.529. The molecular weight excluding hydrogens is 294 g/mol. The molecule has 2 rings (SSSR count). The van der Waals surface area contributed by atoms with Crippen LogP contribution in [-0.4, -0.2) is 68.5 Å². The fourth-order valence-electron chi connectivity index (χ4n) is 2.67. The van der Waals surface area contributed by atoms with Gasteiger partial charge in [0.05, 0.1) is 7.11 Å². The number of amides is 2. The Morgan fingerprint density at radius 1 is 1.22 bits per heavy atom. The van der Waals surface area contributed by atoms with Gasteiger partial charge in [-0.1, -0.05) is 6.07 Å². The molecule has 0 aromatic heterocycles. The molecule has 1 heterocycles. The van der Waals surface area contributed by atoms with Crippen molar-refractivity contribution in [1.82, 2.24) is 9.80 Å². The van der Waals surface area contributed by atoms with Crippen LogP contribution < -0.4 is 9.64 Å². The number of anilines is 1. The van der Waals surface area contributed by atoms with E-state index in [1.54, 1.807) is 12.0 Å². The van der Waals surface area contributed by atoms with Gasteiger partial charge in [-0.3, -0.25) is 9.59 Å². The van der Waals surface area contributed by atoms with Crippen molar-refractivity contribution in [3.8, 4) is 5.75 Å². The van der Waals surface area contributed by atoms with Crippen LogP contribution in [0.4, 0.5) is 5.69 Å². The molecule has 0 spiro atoms. The Bertz CT molecular complexity index is 554. The number of benzene rings is 1.